The van der Waals surface area contributed by atoms with Crippen molar-refractivity contribution in [3.8, 4) is 0 Å². The van der Waals surface area contributed by atoms with Gasteiger partial charge in [0, 0.05) is 18.5 Å². The van der Waals surface area contributed by atoms with Crippen molar-refractivity contribution in [1.82, 2.24) is 5.32 Å². The molecule has 0 aromatic rings. The molecule has 1 atom stereocenters. The molecule has 3 N–H and O–H groups in total. The Hall–Kier alpha value is -0.570. The zero-order valence-corrected chi connectivity index (χ0v) is 9.80. The van der Waals surface area contributed by atoms with Gasteiger partial charge in [-0.1, -0.05) is 25.7 Å². The molecule has 88 valence electrons. The molecule has 0 aliphatic heterocycles. The standard InChI is InChI=1S/C12H24N2O/c1-10(13)8-9-14-12(15)11-6-4-2-3-5-7-11/h10-11H,2-9,13H2,1H3,(H,14,15). The van der Waals surface area contributed by atoms with Crippen LogP contribution in [0.3, 0.4) is 0 Å². The number of carbonyl (C=O) groups excluding carboxylic acids is 1. The SMILES string of the molecule is CC(N)CCNC(=O)C1CCCCCC1. The Kier molecular flexibility index (Phi) is 5.69. The van der Waals surface area contributed by atoms with Crippen molar-refractivity contribution in [2.75, 3.05) is 6.54 Å². The van der Waals surface area contributed by atoms with E-state index in [0.29, 0.717) is 0 Å². The van der Waals surface area contributed by atoms with E-state index in [4.69, 9.17) is 5.73 Å². The third-order valence-corrected chi connectivity index (χ3v) is 3.12. The van der Waals surface area contributed by atoms with Crippen molar-refractivity contribution in [3.63, 3.8) is 0 Å². The minimum absolute atomic E-state index is 0.180. The Morgan fingerprint density at radius 2 is 1.93 bits per heavy atom. The molecule has 1 fully saturated rings. The molecule has 1 amide bonds. The summed E-state index contributed by atoms with van der Waals surface area (Å²) < 4.78 is 0. The van der Waals surface area contributed by atoms with E-state index < -0.39 is 0 Å². The average Bonchev–Trinajstić information content (AvgIpc) is 2.44. The fraction of sp³-hybridized carbons (Fsp3) is 0.917. The maximum Gasteiger partial charge on any atom is 0.223 e. The molecular formula is C12H24N2O. The predicted molar refractivity (Wildman–Crippen MR) is 62.5 cm³/mol. The van der Waals surface area contributed by atoms with Crippen molar-refractivity contribution in [3.05, 3.63) is 0 Å². The molecule has 15 heavy (non-hydrogen) atoms. The largest absolute Gasteiger partial charge is 0.356 e. The molecule has 0 radical (unpaired) electrons. The number of nitrogens with one attached hydrogen (secondary N) is 1. The first kappa shape index (κ1) is 12.5. The Balaban J connectivity index is 2.19. The summed E-state index contributed by atoms with van der Waals surface area (Å²) in [4.78, 5) is 11.8. The van der Waals surface area contributed by atoms with Crippen LogP contribution in [0.2, 0.25) is 0 Å². The Bertz CT molecular complexity index is 184. The van der Waals surface area contributed by atoms with Crippen LogP contribution in [-0.4, -0.2) is 18.5 Å². The van der Waals surface area contributed by atoms with Gasteiger partial charge in [0.1, 0.15) is 0 Å². The highest BCUT2D eigenvalue weighted by molar-refractivity contribution is 5.78. The monoisotopic (exact) mass is 212 g/mol. The normalized spacial score (nSPS) is 20.7. The summed E-state index contributed by atoms with van der Waals surface area (Å²) in [6.45, 7) is 2.70. The van der Waals surface area contributed by atoms with Gasteiger partial charge in [0.2, 0.25) is 5.91 Å². The highest BCUT2D eigenvalue weighted by Gasteiger charge is 2.19. The van der Waals surface area contributed by atoms with Crippen molar-refractivity contribution in [2.45, 2.75) is 57.9 Å². The van der Waals surface area contributed by atoms with E-state index in [1.807, 2.05) is 6.92 Å². The highest BCUT2D eigenvalue weighted by Crippen LogP contribution is 2.22. The van der Waals surface area contributed by atoms with Crippen LogP contribution >= 0.6 is 0 Å². The first-order valence-corrected chi connectivity index (χ1v) is 6.23. The van der Waals surface area contributed by atoms with Gasteiger partial charge in [-0.05, 0) is 26.2 Å². The topological polar surface area (TPSA) is 55.1 Å². The van der Waals surface area contributed by atoms with Crippen molar-refractivity contribution >= 4 is 5.91 Å². The van der Waals surface area contributed by atoms with Crippen LogP contribution in [0.1, 0.15) is 51.9 Å². The summed E-state index contributed by atoms with van der Waals surface area (Å²) in [5.74, 6) is 0.512. The third-order valence-electron chi connectivity index (χ3n) is 3.12. The number of nitrogens with two attached hydrogens (primary N) is 1. The van der Waals surface area contributed by atoms with E-state index in [9.17, 15) is 4.79 Å². The number of hydrogen-bond acceptors (Lipinski definition) is 2. The van der Waals surface area contributed by atoms with Crippen LogP contribution in [-0.2, 0) is 4.79 Å². The van der Waals surface area contributed by atoms with E-state index in [2.05, 4.69) is 5.32 Å². The molecule has 3 heteroatoms. The van der Waals surface area contributed by atoms with Crippen LogP contribution in [0.25, 0.3) is 0 Å². The minimum atomic E-state index is 0.180. The fourth-order valence-electron chi connectivity index (χ4n) is 2.11. The quantitative estimate of drug-likeness (QED) is 0.698. The van der Waals surface area contributed by atoms with Crippen molar-refractivity contribution in [1.29, 1.82) is 0 Å². The Morgan fingerprint density at radius 1 is 1.33 bits per heavy atom. The van der Waals surface area contributed by atoms with Gasteiger partial charge in [-0.15, -0.1) is 0 Å². The molecule has 1 rings (SSSR count). The third kappa shape index (κ3) is 5.17. The summed E-state index contributed by atoms with van der Waals surface area (Å²) in [5, 5.41) is 2.99. The number of amides is 1. The van der Waals surface area contributed by atoms with Gasteiger partial charge in [0.15, 0.2) is 0 Å². The van der Waals surface area contributed by atoms with Gasteiger partial charge in [0.05, 0.1) is 0 Å². The molecule has 1 saturated carbocycles. The zero-order valence-electron chi connectivity index (χ0n) is 9.80. The van der Waals surface area contributed by atoms with Gasteiger partial charge in [0.25, 0.3) is 0 Å². The summed E-state index contributed by atoms with van der Waals surface area (Å²) in [7, 11) is 0. The Morgan fingerprint density at radius 3 is 2.47 bits per heavy atom. The van der Waals surface area contributed by atoms with Gasteiger partial charge < -0.3 is 11.1 Å². The lowest BCUT2D eigenvalue weighted by Gasteiger charge is -2.14. The smallest absolute Gasteiger partial charge is 0.223 e. The van der Waals surface area contributed by atoms with E-state index in [1.165, 1.54) is 25.7 Å². The van der Waals surface area contributed by atoms with Crippen LogP contribution in [0, 0.1) is 5.92 Å². The summed E-state index contributed by atoms with van der Waals surface area (Å²) >= 11 is 0. The average molecular weight is 212 g/mol. The fourth-order valence-corrected chi connectivity index (χ4v) is 2.11. The number of hydrogen-bond donors (Lipinski definition) is 2. The second kappa shape index (κ2) is 6.83. The summed E-state index contributed by atoms with van der Waals surface area (Å²) in [6.07, 6.45) is 8.04. The number of rotatable bonds is 4. The highest BCUT2D eigenvalue weighted by atomic mass is 16.1. The zero-order chi connectivity index (χ0) is 11.1. The lowest BCUT2D eigenvalue weighted by atomic mass is 9.99. The molecule has 3 nitrogen and oxygen atoms in total. The van der Waals surface area contributed by atoms with Crippen LogP contribution in [0.15, 0.2) is 0 Å². The van der Waals surface area contributed by atoms with Crippen LogP contribution < -0.4 is 11.1 Å². The maximum absolute atomic E-state index is 11.8. The van der Waals surface area contributed by atoms with Gasteiger partial charge in [-0.25, -0.2) is 0 Å². The van der Waals surface area contributed by atoms with Crippen molar-refractivity contribution in [2.24, 2.45) is 11.7 Å². The number of carbonyl (C=O) groups is 1. The molecule has 1 unspecified atom stereocenters. The molecule has 1 aliphatic carbocycles. The van der Waals surface area contributed by atoms with Crippen LogP contribution in [0.5, 0.6) is 0 Å². The first-order chi connectivity index (χ1) is 7.20. The van der Waals surface area contributed by atoms with Gasteiger partial charge in [-0.3, -0.25) is 4.79 Å². The van der Waals surface area contributed by atoms with E-state index in [0.717, 1.165) is 25.8 Å². The maximum atomic E-state index is 11.8. The molecule has 0 aromatic heterocycles. The second-order valence-corrected chi connectivity index (χ2v) is 4.75. The molecule has 0 aromatic carbocycles. The molecule has 0 spiro atoms. The van der Waals surface area contributed by atoms with Gasteiger partial charge >= 0.3 is 0 Å². The molecule has 0 saturated heterocycles. The van der Waals surface area contributed by atoms with Crippen LogP contribution in [0.4, 0.5) is 0 Å². The first-order valence-electron chi connectivity index (χ1n) is 6.23. The van der Waals surface area contributed by atoms with E-state index in [1.54, 1.807) is 0 Å². The van der Waals surface area contributed by atoms with E-state index >= 15 is 0 Å². The molecule has 1 aliphatic rings. The van der Waals surface area contributed by atoms with E-state index in [-0.39, 0.29) is 17.9 Å². The Labute approximate surface area is 92.8 Å². The van der Waals surface area contributed by atoms with Crippen molar-refractivity contribution < 1.29 is 4.79 Å². The molecule has 0 heterocycles. The van der Waals surface area contributed by atoms with Gasteiger partial charge in [-0.2, -0.15) is 0 Å². The lowest BCUT2D eigenvalue weighted by molar-refractivity contribution is -0.125. The lowest BCUT2D eigenvalue weighted by Crippen LogP contribution is -2.33. The summed E-state index contributed by atoms with van der Waals surface area (Å²) in [6, 6.07) is 0.180. The minimum Gasteiger partial charge on any atom is -0.356 e. The summed E-state index contributed by atoms with van der Waals surface area (Å²) in [5.41, 5.74) is 5.63. The second-order valence-electron chi connectivity index (χ2n) is 4.75. The molecule has 0 bridgehead atoms. The predicted octanol–water partition coefficient (Wildman–Crippen LogP) is 1.81. The molecular weight excluding hydrogens is 188 g/mol.